The normalized spacial score (nSPS) is 17.5. The minimum Gasteiger partial charge on any atom is -0.463 e. The third-order valence-corrected chi connectivity index (χ3v) is 5.42. The summed E-state index contributed by atoms with van der Waals surface area (Å²) in [5.74, 6) is -0.397. The van der Waals surface area contributed by atoms with Crippen LogP contribution in [0.25, 0.3) is 10.4 Å². The van der Waals surface area contributed by atoms with Crippen molar-refractivity contribution in [1.29, 1.82) is 0 Å². The van der Waals surface area contributed by atoms with Gasteiger partial charge in [-0.25, -0.2) is 9.59 Å². The van der Waals surface area contributed by atoms with Crippen molar-refractivity contribution in [3.8, 4) is 10.4 Å². The maximum absolute atomic E-state index is 12.5. The Hall–Kier alpha value is -2.60. The van der Waals surface area contributed by atoms with Crippen LogP contribution in [-0.2, 0) is 9.53 Å². The molecule has 2 amide bonds. The molecule has 5 nitrogen and oxygen atoms in total. The molecule has 0 saturated heterocycles. The van der Waals surface area contributed by atoms with Crippen molar-refractivity contribution >= 4 is 23.3 Å². The van der Waals surface area contributed by atoms with E-state index in [1.807, 2.05) is 42.5 Å². The Labute approximate surface area is 150 Å². The average molecular weight is 356 g/mol. The Bertz CT molecular complexity index is 826. The van der Waals surface area contributed by atoms with Gasteiger partial charge in [-0.1, -0.05) is 30.3 Å². The number of hydrogen-bond donors (Lipinski definition) is 1. The number of carbonyl (C=O) groups excluding carboxylic acids is 2. The average Bonchev–Trinajstić information content (AvgIpc) is 3.10. The molecular weight excluding hydrogens is 336 g/mol. The largest absolute Gasteiger partial charge is 0.463 e. The summed E-state index contributed by atoms with van der Waals surface area (Å²) in [4.78, 5) is 28.1. The highest BCUT2D eigenvalue weighted by Gasteiger charge is 2.35. The van der Waals surface area contributed by atoms with Crippen LogP contribution in [0.2, 0.25) is 0 Å². The molecule has 25 heavy (non-hydrogen) atoms. The molecule has 6 heteroatoms. The summed E-state index contributed by atoms with van der Waals surface area (Å²) in [6.07, 6.45) is 0. The predicted molar refractivity (Wildman–Crippen MR) is 98.1 cm³/mol. The molecule has 0 radical (unpaired) electrons. The smallest absolute Gasteiger partial charge is 0.338 e. The Balaban J connectivity index is 2.01. The number of allylic oxidation sites excluding steroid dienone is 1. The number of ether oxygens (including phenoxy) is 1. The molecular formula is C19H20N2O3S. The van der Waals surface area contributed by atoms with E-state index < -0.39 is 12.0 Å². The first kappa shape index (κ1) is 17.2. The zero-order valence-electron chi connectivity index (χ0n) is 14.4. The molecule has 2 heterocycles. The Kier molecular flexibility index (Phi) is 4.90. The van der Waals surface area contributed by atoms with Crippen LogP contribution in [0.15, 0.2) is 53.7 Å². The first-order valence-electron chi connectivity index (χ1n) is 8.10. The number of hydrogen-bond acceptors (Lipinski definition) is 4. The van der Waals surface area contributed by atoms with Crippen LogP contribution in [0, 0.1) is 0 Å². The summed E-state index contributed by atoms with van der Waals surface area (Å²) in [5, 5.41) is 2.91. The number of esters is 1. The van der Waals surface area contributed by atoms with Crippen LogP contribution in [0.5, 0.6) is 0 Å². The number of urea groups is 1. The first-order valence-corrected chi connectivity index (χ1v) is 8.91. The minimum atomic E-state index is -0.495. The van der Waals surface area contributed by atoms with Gasteiger partial charge in [-0.2, -0.15) is 0 Å². The fourth-order valence-electron chi connectivity index (χ4n) is 2.79. The van der Waals surface area contributed by atoms with Crippen molar-refractivity contribution in [2.24, 2.45) is 0 Å². The lowest BCUT2D eigenvalue weighted by molar-refractivity contribution is -0.139. The predicted octanol–water partition coefficient (Wildman–Crippen LogP) is 3.95. The van der Waals surface area contributed by atoms with E-state index in [-0.39, 0.29) is 6.03 Å². The maximum Gasteiger partial charge on any atom is 0.338 e. The van der Waals surface area contributed by atoms with Crippen LogP contribution >= 0.6 is 11.3 Å². The van der Waals surface area contributed by atoms with Crippen molar-refractivity contribution in [2.45, 2.75) is 19.9 Å². The topological polar surface area (TPSA) is 58.6 Å². The van der Waals surface area contributed by atoms with E-state index in [1.165, 1.54) is 4.90 Å². The molecule has 0 unspecified atom stereocenters. The second-order valence-corrected chi connectivity index (χ2v) is 6.84. The van der Waals surface area contributed by atoms with Gasteiger partial charge < -0.3 is 15.0 Å². The van der Waals surface area contributed by atoms with Gasteiger partial charge in [-0.05, 0) is 31.5 Å². The number of nitrogens with zero attached hydrogens (tertiary/aromatic N) is 1. The molecule has 1 aliphatic rings. The zero-order chi connectivity index (χ0) is 18.0. The van der Waals surface area contributed by atoms with Crippen molar-refractivity contribution in [3.63, 3.8) is 0 Å². The highest BCUT2D eigenvalue weighted by atomic mass is 32.1. The van der Waals surface area contributed by atoms with Crippen LogP contribution < -0.4 is 5.32 Å². The molecule has 0 saturated carbocycles. The van der Waals surface area contributed by atoms with Crippen LogP contribution in [0.4, 0.5) is 4.79 Å². The lowest BCUT2D eigenvalue weighted by atomic mass is 10.0. The van der Waals surface area contributed by atoms with E-state index in [0.717, 1.165) is 15.3 Å². The molecule has 1 aromatic heterocycles. The second kappa shape index (κ2) is 7.11. The standard InChI is InChI=1S/C19H20N2O3S/c1-4-24-18(22)16-12(2)21(3)19(23)20-17(16)15-11-10-14(25-15)13-8-6-5-7-9-13/h5-11,17H,4H2,1-3H3,(H,20,23)/t17-/m1/s1. The van der Waals surface area contributed by atoms with E-state index >= 15 is 0 Å². The summed E-state index contributed by atoms with van der Waals surface area (Å²) >= 11 is 1.56. The van der Waals surface area contributed by atoms with Crippen molar-refractivity contribution < 1.29 is 14.3 Å². The lowest BCUT2D eigenvalue weighted by Gasteiger charge is -2.32. The zero-order valence-corrected chi connectivity index (χ0v) is 15.2. The lowest BCUT2D eigenvalue weighted by Crippen LogP contribution is -2.46. The van der Waals surface area contributed by atoms with Gasteiger partial charge in [0, 0.05) is 22.5 Å². The maximum atomic E-state index is 12.5. The summed E-state index contributed by atoms with van der Waals surface area (Å²) in [6, 6.07) is 13.3. The van der Waals surface area contributed by atoms with Gasteiger partial charge in [0.1, 0.15) is 0 Å². The number of thiophene rings is 1. The number of benzene rings is 1. The highest BCUT2D eigenvalue weighted by molar-refractivity contribution is 7.15. The number of amides is 2. The second-order valence-electron chi connectivity index (χ2n) is 5.73. The Morgan fingerprint density at radius 1 is 1.24 bits per heavy atom. The highest BCUT2D eigenvalue weighted by Crippen LogP contribution is 2.37. The molecule has 1 aromatic carbocycles. The molecule has 0 spiro atoms. The van der Waals surface area contributed by atoms with Crippen molar-refractivity contribution in [3.05, 3.63) is 58.6 Å². The van der Waals surface area contributed by atoms with E-state index in [1.54, 1.807) is 32.2 Å². The summed E-state index contributed by atoms with van der Waals surface area (Å²) in [6.45, 7) is 3.83. The fraction of sp³-hybridized carbons (Fsp3) is 0.263. The third-order valence-electron chi connectivity index (χ3n) is 4.22. The van der Waals surface area contributed by atoms with Gasteiger partial charge in [0.2, 0.25) is 0 Å². The molecule has 1 aliphatic heterocycles. The molecule has 1 atom stereocenters. The summed E-state index contributed by atoms with van der Waals surface area (Å²) < 4.78 is 5.21. The van der Waals surface area contributed by atoms with Crippen LogP contribution in [-0.4, -0.2) is 30.6 Å². The monoisotopic (exact) mass is 356 g/mol. The molecule has 3 rings (SSSR count). The number of carbonyl (C=O) groups is 2. The van der Waals surface area contributed by atoms with Gasteiger partial charge in [0.25, 0.3) is 0 Å². The number of rotatable bonds is 4. The molecule has 0 fully saturated rings. The minimum absolute atomic E-state index is 0.231. The van der Waals surface area contributed by atoms with Gasteiger partial charge in [-0.3, -0.25) is 0 Å². The molecule has 0 bridgehead atoms. The van der Waals surface area contributed by atoms with Gasteiger partial charge in [0.05, 0.1) is 18.2 Å². The van der Waals surface area contributed by atoms with Crippen LogP contribution in [0.1, 0.15) is 24.8 Å². The van der Waals surface area contributed by atoms with E-state index in [0.29, 0.717) is 17.9 Å². The van der Waals surface area contributed by atoms with Crippen LogP contribution in [0.3, 0.4) is 0 Å². The molecule has 1 N–H and O–H groups in total. The van der Waals surface area contributed by atoms with E-state index in [2.05, 4.69) is 5.32 Å². The third kappa shape index (κ3) is 3.30. The van der Waals surface area contributed by atoms with E-state index in [9.17, 15) is 9.59 Å². The number of nitrogens with one attached hydrogen (secondary N) is 1. The Morgan fingerprint density at radius 2 is 1.96 bits per heavy atom. The van der Waals surface area contributed by atoms with Crippen molar-refractivity contribution in [2.75, 3.05) is 13.7 Å². The Morgan fingerprint density at radius 3 is 2.64 bits per heavy atom. The van der Waals surface area contributed by atoms with E-state index in [4.69, 9.17) is 4.74 Å². The molecule has 2 aromatic rings. The molecule has 0 aliphatic carbocycles. The van der Waals surface area contributed by atoms with Gasteiger partial charge in [0.15, 0.2) is 0 Å². The summed E-state index contributed by atoms with van der Waals surface area (Å²) in [7, 11) is 1.64. The summed E-state index contributed by atoms with van der Waals surface area (Å²) in [5.41, 5.74) is 2.20. The SMILES string of the molecule is CCOC(=O)C1=C(C)N(C)C(=O)N[C@@H]1c1ccc(-c2ccccc2)s1. The van der Waals surface area contributed by atoms with Gasteiger partial charge >= 0.3 is 12.0 Å². The molecule has 130 valence electrons. The first-order chi connectivity index (χ1) is 12.0. The van der Waals surface area contributed by atoms with Gasteiger partial charge in [-0.15, -0.1) is 11.3 Å². The fourth-order valence-corrected chi connectivity index (χ4v) is 3.86. The van der Waals surface area contributed by atoms with Crippen molar-refractivity contribution in [1.82, 2.24) is 10.2 Å². The quantitative estimate of drug-likeness (QED) is 0.844.